The summed E-state index contributed by atoms with van der Waals surface area (Å²) < 4.78 is 0. The lowest BCUT2D eigenvalue weighted by molar-refractivity contribution is 0.0729. The first-order chi connectivity index (χ1) is 12.7. The zero-order chi connectivity index (χ0) is 18.4. The number of halogens is 1. The molecule has 0 spiro atoms. The van der Waals surface area contributed by atoms with Crippen LogP contribution in [0.4, 0.5) is 0 Å². The zero-order valence-corrected chi connectivity index (χ0v) is 15.9. The largest absolute Gasteiger partial charge is 0.330 e. The Morgan fingerprint density at radius 1 is 1.00 bits per heavy atom. The number of aromatic nitrogens is 2. The van der Waals surface area contributed by atoms with Crippen molar-refractivity contribution in [3.8, 4) is 0 Å². The van der Waals surface area contributed by atoms with Crippen LogP contribution in [0, 0.1) is 0 Å². The van der Waals surface area contributed by atoms with Gasteiger partial charge in [0.25, 0.3) is 5.91 Å². The van der Waals surface area contributed by atoms with E-state index < -0.39 is 0 Å². The molecule has 0 saturated heterocycles. The van der Waals surface area contributed by atoms with Gasteiger partial charge in [-0.25, -0.2) is 9.97 Å². The Hall–Kier alpha value is -2.37. The third-order valence-corrected chi connectivity index (χ3v) is 4.70. The molecule has 0 aliphatic rings. The number of carbonyl (C=O) groups excluding carboxylic acids is 1. The molecule has 1 heterocycles. The minimum absolute atomic E-state index is 0.181. The summed E-state index contributed by atoms with van der Waals surface area (Å²) in [6.45, 7) is 0.963. The van der Waals surface area contributed by atoms with E-state index in [1.54, 1.807) is 4.90 Å². The minimum Gasteiger partial charge on any atom is -0.330 e. The topological polar surface area (TPSA) is 46.1 Å². The molecule has 0 N–H and O–H groups in total. The molecular weight excluding hydrogens is 366 g/mol. The van der Waals surface area contributed by atoms with Crippen molar-refractivity contribution < 1.29 is 4.79 Å². The van der Waals surface area contributed by atoms with Gasteiger partial charge in [-0.15, -0.1) is 0 Å². The molecule has 4 nitrogen and oxygen atoms in total. The van der Waals surface area contributed by atoms with Crippen LogP contribution in [0.3, 0.4) is 0 Å². The van der Waals surface area contributed by atoms with Crippen LogP contribution in [0.2, 0.25) is 5.15 Å². The van der Waals surface area contributed by atoms with Crippen LogP contribution in [0.15, 0.2) is 72.0 Å². The van der Waals surface area contributed by atoms with E-state index in [0.29, 0.717) is 23.8 Å². The molecule has 0 aliphatic carbocycles. The van der Waals surface area contributed by atoms with Crippen molar-refractivity contribution in [2.24, 2.45) is 0 Å². The van der Waals surface area contributed by atoms with Crippen LogP contribution < -0.4 is 0 Å². The lowest BCUT2D eigenvalue weighted by Crippen LogP contribution is -2.30. The van der Waals surface area contributed by atoms with Crippen LogP contribution in [-0.2, 0) is 13.1 Å². The standard InChI is InChI=1S/C20H18ClN3OS/c1-26-20-22-12-17(18(21)23-20)19(25)24(13-15-8-4-2-5-9-15)14-16-10-6-3-7-11-16/h2-12H,13-14H2,1H3. The van der Waals surface area contributed by atoms with E-state index in [1.165, 1.54) is 18.0 Å². The average molecular weight is 384 g/mol. The van der Waals surface area contributed by atoms with Crippen molar-refractivity contribution in [1.29, 1.82) is 0 Å². The second-order valence-electron chi connectivity index (χ2n) is 5.69. The highest BCUT2D eigenvalue weighted by molar-refractivity contribution is 7.98. The zero-order valence-electron chi connectivity index (χ0n) is 14.3. The van der Waals surface area contributed by atoms with Crippen LogP contribution in [0.1, 0.15) is 21.5 Å². The van der Waals surface area contributed by atoms with Crippen LogP contribution >= 0.6 is 23.4 Å². The molecule has 0 saturated carbocycles. The summed E-state index contributed by atoms with van der Waals surface area (Å²) in [5, 5.41) is 0.727. The van der Waals surface area contributed by atoms with Crippen molar-refractivity contribution in [2.75, 3.05) is 6.26 Å². The Morgan fingerprint density at radius 2 is 1.54 bits per heavy atom. The number of hydrogen-bond acceptors (Lipinski definition) is 4. The van der Waals surface area contributed by atoms with E-state index in [0.717, 1.165) is 11.1 Å². The highest BCUT2D eigenvalue weighted by atomic mass is 35.5. The maximum atomic E-state index is 13.1. The van der Waals surface area contributed by atoms with E-state index in [1.807, 2.05) is 66.9 Å². The molecule has 0 aliphatic heterocycles. The Balaban J connectivity index is 1.90. The first-order valence-electron chi connectivity index (χ1n) is 8.11. The van der Waals surface area contributed by atoms with Gasteiger partial charge in [0.1, 0.15) is 5.15 Å². The van der Waals surface area contributed by atoms with Gasteiger partial charge in [-0.05, 0) is 17.4 Å². The smallest absolute Gasteiger partial charge is 0.259 e. The maximum Gasteiger partial charge on any atom is 0.259 e. The summed E-state index contributed by atoms with van der Waals surface area (Å²) in [6, 6.07) is 19.8. The second-order valence-corrected chi connectivity index (χ2v) is 6.83. The summed E-state index contributed by atoms with van der Waals surface area (Å²) in [5.41, 5.74) is 2.42. The summed E-state index contributed by atoms with van der Waals surface area (Å²) in [7, 11) is 0. The molecule has 1 aromatic heterocycles. The number of carbonyl (C=O) groups is 1. The molecule has 26 heavy (non-hydrogen) atoms. The van der Waals surface area contributed by atoms with E-state index in [4.69, 9.17) is 11.6 Å². The van der Waals surface area contributed by atoms with Gasteiger partial charge in [-0.1, -0.05) is 84.0 Å². The van der Waals surface area contributed by atoms with E-state index in [9.17, 15) is 4.79 Å². The van der Waals surface area contributed by atoms with E-state index in [-0.39, 0.29) is 11.1 Å². The lowest BCUT2D eigenvalue weighted by Gasteiger charge is -2.23. The number of nitrogens with zero attached hydrogens (tertiary/aromatic N) is 3. The molecule has 6 heteroatoms. The number of rotatable bonds is 6. The van der Waals surface area contributed by atoms with Gasteiger partial charge in [-0.3, -0.25) is 4.79 Å². The third kappa shape index (κ3) is 4.62. The van der Waals surface area contributed by atoms with Gasteiger partial charge in [-0.2, -0.15) is 0 Å². The van der Waals surface area contributed by atoms with Crippen LogP contribution in [0.25, 0.3) is 0 Å². The maximum absolute atomic E-state index is 13.1. The minimum atomic E-state index is -0.185. The number of thioether (sulfide) groups is 1. The van der Waals surface area contributed by atoms with Crippen molar-refractivity contribution >= 4 is 29.3 Å². The van der Waals surface area contributed by atoms with Gasteiger partial charge in [0.05, 0.1) is 5.56 Å². The first kappa shape index (κ1) is 18.4. The van der Waals surface area contributed by atoms with Crippen LogP contribution in [0.5, 0.6) is 0 Å². The third-order valence-electron chi connectivity index (χ3n) is 3.85. The molecule has 132 valence electrons. The first-order valence-corrected chi connectivity index (χ1v) is 9.71. The fraction of sp³-hybridized carbons (Fsp3) is 0.150. The molecule has 0 unspecified atom stereocenters. The Labute approximate surface area is 162 Å². The molecule has 1 amide bonds. The molecule has 3 rings (SSSR count). The number of benzene rings is 2. The van der Waals surface area contributed by atoms with Crippen molar-refractivity contribution in [2.45, 2.75) is 18.2 Å². The predicted octanol–water partition coefficient (Wildman–Crippen LogP) is 4.69. The number of hydrogen-bond donors (Lipinski definition) is 0. The van der Waals surface area contributed by atoms with Gasteiger partial charge in [0.2, 0.25) is 0 Å². The fourth-order valence-corrected chi connectivity index (χ4v) is 3.17. The Bertz CT molecular complexity index is 833. The molecule has 0 bridgehead atoms. The quantitative estimate of drug-likeness (QED) is 0.352. The monoisotopic (exact) mass is 383 g/mol. The highest BCUT2D eigenvalue weighted by Gasteiger charge is 2.21. The predicted molar refractivity (Wildman–Crippen MR) is 105 cm³/mol. The second kappa shape index (κ2) is 8.83. The van der Waals surface area contributed by atoms with Gasteiger partial charge in [0.15, 0.2) is 5.16 Å². The van der Waals surface area contributed by atoms with E-state index in [2.05, 4.69) is 9.97 Å². The molecule has 3 aromatic rings. The van der Waals surface area contributed by atoms with Crippen LogP contribution in [-0.4, -0.2) is 27.0 Å². The lowest BCUT2D eigenvalue weighted by atomic mass is 10.1. The van der Waals surface area contributed by atoms with Gasteiger partial charge < -0.3 is 4.90 Å². The SMILES string of the molecule is CSc1ncc(C(=O)N(Cc2ccccc2)Cc2ccccc2)c(Cl)n1. The van der Waals surface area contributed by atoms with E-state index >= 15 is 0 Å². The Morgan fingerprint density at radius 3 is 2.00 bits per heavy atom. The summed E-state index contributed by atoms with van der Waals surface area (Å²) in [4.78, 5) is 23.3. The fourth-order valence-electron chi connectivity index (χ4n) is 2.57. The van der Waals surface area contributed by atoms with Gasteiger partial charge in [0, 0.05) is 19.3 Å². The Kier molecular flexibility index (Phi) is 6.26. The normalized spacial score (nSPS) is 10.5. The van der Waals surface area contributed by atoms with Crippen molar-refractivity contribution in [3.05, 3.63) is 88.7 Å². The molecule has 0 atom stereocenters. The number of amides is 1. The van der Waals surface area contributed by atoms with Crippen molar-refractivity contribution in [1.82, 2.24) is 14.9 Å². The molecule has 2 aromatic carbocycles. The molecule has 0 fully saturated rings. The summed E-state index contributed by atoms with van der Waals surface area (Å²) in [6.07, 6.45) is 3.37. The van der Waals surface area contributed by atoms with Crippen molar-refractivity contribution in [3.63, 3.8) is 0 Å². The average Bonchev–Trinajstić information content (AvgIpc) is 2.68. The highest BCUT2D eigenvalue weighted by Crippen LogP contribution is 2.20. The molecule has 0 radical (unpaired) electrons. The summed E-state index contributed by atoms with van der Waals surface area (Å²) in [5.74, 6) is -0.185. The molecular formula is C20H18ClN3OS. The van der Waals surface area contributed by atoms with Gasteiger partial charge >= 0.3 is 0 Å². The summed E-state index contributed by atoms with van der Waals surface area (Å²) >= 11 is 7.63.